The van der Waals surface area contributed by atoms with Gasteiger partial charge < -0.3 is 16.0 Å². The fourth-order valence-corrected chi connectivity index (χ4v) is 5.25. The van der Waals surface area contributed by atoms with Gasteiger partial charge in [-0.05, 0) is 57.3 Å². The Labute approximate surface area is 205 Å². The molecule has 10 heteroatoms. The molecule has 0 bridgehead atoms. The largest absolute Gasteiger partial charge is 0.368 e. The van der Waals surface area contributed by atoms with E-state index in [1.54, 1.807) is 0 Å². The standard InChI is InChI=1S/C24H40N4O5S/c1-3-18(16-22(30)27-34(33)19-13-14-19)10-7-5-4-6-8-11-20(26-17(2)29)24(32)28-15-9-12-21(28)23(25)31/h7,10,18-21H,3-6,8-9,11-16H2,1-2H3,(H2,25,31)(H,26,29)(H,27,30)/b10-7-/t18-,20-,21-,34+/m0/s1. The summed E-state index contributed by atoms with van der Waals surface area (Å²) in [6.45, 7) is 3.90. The van der Waals surface area contributed by atoms with Crippen molar-refractivity contribution >= 4 is 34.6 Å². The predicted octanol–water partition coefficient (Wildman–Crippen LogP) is 1.83. The van der Waals surface area contributed by atoms with Gasteiger partial charge in [0.1, 0.15) is 23.1 Å². The van der Waals surface area contributed by atoms with Gasteiger partial charge in [0.2, 0.25) is 23.6 Å². The van der Waals surface area contributed by atoms with E-state index in [9.17, 15) is 23.4 Å². The minimum Gasteiger partial charge on any atom is -0.368 e. The Hall–Kier alpha value is -2.23. The van der Waals surface area contributed by atoms with Crippen LogP contribution in [-0.4, -0.2) is 56.6 Å². The number of hydrogen-bond acceptors (Lipinski definition) is 5. The molecule has 9 nitrogen and oxygen atoms in total. The number of nitrogens with two attached hydrogens (primary N) is 1. The molecule has 1 heterocycles. The number of unbranched alkanes of at least 4 members (excludes halogenated alkanes) is 3. The van der Waals surface area contributed by atoms with Gasteiger partial charge in [-0.15, -0.1) is 0 Å². The van der Waals surface area contributed by atoms with Crippen LogP contribution in [0.25, 0.3) is 0 Å². The summed E-state index contributed by atoms with van der Waals surface area (Å²) >= 11 is 0. The van der Waals surface area contributed by atoms with Gasteiger partial charge in [0.05, 0.1) is 5.25 Å². The summed E-state index contributed by atoms with van der Waals surface area (Å²) in [7, 11) is -1.24. The van der Waals surface area contributed by atoms with Gasteiger partial charge >= 0.3 is 0 Å². The maximum atomic E-state index is 12.9. The second-order valence-electron chi connectivity index (χ2n) is 9.31. The molecule has 2 fully saturated rings. The third-order valence-electron chi connectivity index (χ3n) is 6.33. The van der Waals surface area contributed by atoms with Crippen LogP contribution in [0, 0.1) is 5.92 Å². The fraction of sp³-hybridized carbons (Fsp3) is 0.750. The lowest BCUT2D eigenvalue weighted by Gasteiger charge is -2.27. The Kier molecular flexibility index (Phi) is 11.7. The molecule has 4 amide bonds. The van der Waals surface area contributed by atoms with Crippen LogP contribution in [0.1, 0.15) is 84.5 Å². The molecule has 0 radical (unpaired) electrons. The molecule has 2 rings (SSSR count). The molecule has 192 valence electrons. The third kappa shape index (κ3) is 9.56. The number of hydrogen-bond donors (Lipinski definition) is 3. The van der Waals surface area contributed by atoms with Crippen LogP contribution in [0.3, 0.4) is 0 Å². The van der Waals surface area contributed by atoms with E-state index in [-0.39, 0.29) is 28.9 Å². The van der Waals surface area contributed by atoms with Gasteiger partial charge in [-0.3, -0.25) is 23.9 Å². The first-order chi connectivity index (χ1) is 16.2. The molecule has 1 saturated carbocycles. The third-order valence-corrected chi connectivity index (χ3v) is 7.83. The Bertz CT molecular complexity index is 783. The van der Waals surface area contributed by atoms with Crippen LogP contribution in [0.5, 0.6) is 0 Å². The van der Waals surface area contributed by atoms with Gasteiger partial charge in [0.25, 0.3) is 0 Å². The fourth-order valence-electron chi connectivity index (χ4n) is 4.21. The number of likely N-dealkylation sites (tertiary alicyclic amines) is 1. The monoisotopic (exact) mass is 496 g/mol. The Morgan fingerprint density at radius 3 is 2.50 bits per heavy atom. The zero-order chi connectivity index (χ0) is 25.1. The van der Waals surface area contributed by atoms with Crippen molar-refractivity contribution in [3.05, 3.63) is 12.2 Å². The Morgan fingerprint density at radius 1 is 1.15 bits per heavy atom. The van der Waals surface area contributed by atoms with Crippen molar-refractivity contribution in [2.75, 3.05) is 6.54 Å². The smallest absolute Gasteiger partial charge is 0.245 e. The van der Waals surface area contributed by atoms with Crippen LogP contribution in [0.2, 0.25) is 0 Å². The summed E-state index contributed by atoms with van der Waals surface area (Å²) in [5, 5.41) is 2.87. The Morgan fingerprint density at radius 2 is 1.88 bits per heavy atom. The molecule has 34 heavy (non-hydrogen) atoms. The highest BCUT2D eigenvalue weighted by Crippen LogP contribution is 2.25. The number of carbonyl (C=O) groups is 4. The van der Waals surface area contributed by atoms with E-state index in [0.717, 1.165) is 51.4 Å². The van der Waals surface area contributed by atoms with E-state index in [0.29, 0.717) is 25.8 Å². The van der Waals surface area contributed by atoms with E-state index in [2.05, 4.69) is 22.2 Å². The lowest BCUT2D eigenvalue weighted by molar-refractivity contribution is -0.140. The average molecular weight is 497 g/mol. The van der Waals surface area contributed by atoms with Crippen molar-refractivity contribution in [1.29, 1.82) is 0 Å². The number of nitrogens with one attached hydrogen (secondary N) is 2. The quantitative estimate of drug-likeness (QED) is 0.234. The van der Waals surface area contributed by atoms with Gasteiger partial charge in [0.15, 0.2) is 0 Å². The molecular weight excluding hydrogens is 456 g/mol. The first-order valence-electron chi connectivity index (χ1n) is 12.5. The minimum atomic E-state index is -1.24. The number of rotatable bonds is 15. The van der Waals surface area contributed by atoms with E-state index in [1.165, 1.54) is 11.8 Å². The molecule has 1 aliphatic carbocycles. The molecule has 1 saturated heterocycles. The molecule has 0 aromatic carbocycles. The second-order valence-corrected chi connectivity index (χ2v) is 10.8. The van der Waals surface area contributed by atoms with Crippen molar-refractivity contribution in [2.45, 2.75) is 102 Å². The lowest BCUT2D eigenvalue weighted by Crippen LogP contribution is -2.52. The highest BCUT2D eigenvalue weighted by molar-refractivity contribution is 7.84. The van der Waals surface area contributed by atoms with Gasteiger partial charge in [-0.2, -0.15) is 0 Å². The topological polar surface area (TPSA) is 139 Å². The molecule has 4 atom stereocenters. The van der Waals surface area contributed by atoms with Crippen molar-refractivity contribution in [2.24, 2.45) is 11.7 Å². The summed E-state index contributed by atoms with van der Waals surface area (Å²) in [4.78, 5) is 49.7. The number of nitrogens with zero attached hydrogens (tertiary/aromatic N) is 1. The highest BCUT2D eigenvalue weighted by Gasteiger charge is 2.36. The lowest BCUT2D eigenvalue weighted by atomic mass is 10.0. The molecule has 4 N–H and O–H groups in total. The van der Waals surface area contributed by atoms with Crippen molar-refractivity contribution in [3.8, 4) is 0 Å². The summed E-state index contributed by atoms with van der Waals surface area (Å²) in [5.41, 5.74) is 5.43. The first-order valence-corrected chi connectivity index (χ1v) is 13.7. The summed E-state index contributed by atoms with van der Waals surface area (Å²) < 4.78 is 14.4. The number of allylic oxidation sites excluding steroid dienone is 2. The average Bonchev–Trinajstić information content (AvgIpc) is 3.52. The predicted molar refractivity (Wildman–Crippen MR) is 131 cm³/mol. The maximum Gasteiger partial charge on any atom is 0.245 e. The first kappa shape index (κ1) is 28.0. The summed E-state index contributed by atoms with van der Waals surface area (Å²) in [6.07, 6.45) is 12.4. The number of amides is 4. The molecular formula is C24H40N4O5S. The number of carbonyl (C=O) groups excluding carboxylic acids is 4. The zero-order valence-electron chi connectivity index (χ0n) is 20.4. The molecule has 0 aromatic heterocycles. The minimum absolute atomic E-state index is 0.122. The molecule has 0 aromatic rings. The van der Waals surface area contributed by atoms with Crippen LogP contribution >= 0.6 is 0 Å². The highest BCUT2D eigenvalue weighted by atomic mass is 32.2. The normalized spacial score (nSPS) is 20.6. The maximum absolute atomic E-state index is 12.9. The van der Waals surface area contributed by atoms with Crippen LogP contribution < -0.4 is 15.8 Å². The van der Waals surface area contributed by atoms with Gasteiger partial charge in [-0.1, -0.05) is 31.9 Å². The molecule has 0 unspecified atom stereocenters. The van der Waals surface area contributed by atoms with E-state index >= 15 is 0 Å². The van der Waals surface area contributed by atoms with Crippen LogP contribution in [-0.2, 0) is 30.2 Å². The Balaban J connectivity index is 1.70. The number of primary amides is 1. The van der Waals surface area contributed by atoms with Crippen molar-refractivity contribution in [1.82, 2.24) is 14.9 Å². The zero-order valence-corrected chi connectivity index (χ0v) is 21.2. The summed E-state index contributed by atoms with van der Waals surface area (Å²) in [5.74, 6) is -1.04. The molecule has 1 aliphatic heterocycles. The molecule has 0 spiro atoms. The van der Waals surface area contributed by atoms with E-state index in [4.69, 9.17) is 5.73 Å². The van der Waals surface area contributed by atoms with Crippen LogP contribution in [0.15, 0.2) is 12.2 Å². The van der Waals surface area contributed by atoms with Crippen molar-refractivity contribution < 1.29 is 23.4 Å². The van der Waals surface area contributed by atoms with Crippen molar-refractivity contribution in [3.63, 3.8) is 0 Å². The van der Waals surface area contributed by atoms with E-state index < -0.39 is 29.0 Å². The second kappa shape index (κ2) is 14.2. The van der Waals surface area contributed by atoms with Crippen LogP contribution in [0.4, 0.5) is 0 Å². The summed E-state index contributed by atoms with van der Waals surface area (Å²) in [6, 6.07) is -1.23. The SMILES string of the molecule is CC[C@@H](/C=C\CCCCC[C@H](NC(C)=O)C(=O)N1CCC[C@H]1C(N)=O)CC(=O)N[S@](=O)C1CC1. The van der Waals surface area contributed by atoms with Gasteiger partial charge in [-0.25, -0.2) is 4.21 Å². The van der Waals surface area contributed by atoms with E-state index in [1.807, 2.05) is 6.92 Å². The van der Waals surface area contributed by atoms with Gasteiger partial charge in [0, 0.05) is 19.9 Å². The molecule has 2 aliphatic rings.